The van der Waals surface area contributed by atoms with Gasteiger partial charge in [-0.15, -0.1) is 0 Å². The average molecular weight is 280 g/mol. The van der Waals surface area contributed by atoms with Crippen LogP contribution in [-0.4, -0.2) is 12.5 Å². The van der Waals surface area contributed by atoms with Crippen LogP contribution in [0.1, 0.15) is 21.5 Å². The van der Waals surface area contributed by atoms with E-state index >= 15 is 0 Å². The third kappa shape index (κ3) is 4.37. The molecule has 2 rings (SSSR count). The van der Waals surface area contributed by atoms with Crippen LogP contribution in [0.3, 0.4) is 0 Å². The van der Waals surface area contributed by atoms with E-state index in [1.54, 1.807) is 24.3 Å². The van der Waals surface area contributed by atoms with Crippen LogP contribution in [-0.2, 0) is 6.61 Å². The number of amides is 1. The van der Waals surface area contributed by atoms with E-state index in [-0.39, 0.29) is 0 Å². The molecule has 0 saturated heterocycles. The van der Waals surface area contributed by atoms with Gasteiger partial charge >= 0.3 is 0 Å². The average Bonchev–Trinajstić information content (AvgIpc) is 2.52. The molecule has 0 saturated carbocycles. The molecule has 4 heteroatoms. The standard InChI is InChI=1S/C17H16N2O2/c18-11-1-2-13-3-5-14(6-4-13)12-21-16-9-7-15(8-10-16)17(19)20/h3-10H,11-12,18H2,(H2,19,20). The van der Waals surface area contributed by atoms with Crippen molar-refractivity contribution in [3.05, 3.63) is 65.2 Å². The molecule has 0 radical (unpaired) electrons. The van der Waals surface area contributed by atoms with Crippen molar-refractivity contribution in [3.63, 3.8) is 0 Å². The molecule has 106 valence electrons. The highest BCUT2D eigenvalue weighted by molar-refractivity contribution is 5.92. The highest BCUT2D eigenvalue weighted by Crippen LogP contribution is 2.14. The van der Waals surface area contributed by atoms with Crippen LogP contribution in [0.25, 0.3) is 0 Å². The zero-order valence-corrected chi connectivity index (χ0v) is 11.5. The molecule has 4 nitrogen and oxygen atoms in total. The molecule has 0 fully saturated rings. The van der Waals surface area contributed by atoms with Gasteiger partial charge in [-0.1, -0.05) is 24.0 Å². The molecular weight excluding hydrogens is 264 g/mol. The highest BCUT2D eigenvalue weighted by atomic mass is 16.5. The highest BCUT2D eigenvalue weighted by Gasteiger charge is 2.00. The zero-order chi connectivity index (χ0) is 15.1. The Bertz CT molecular complexity index is 665. The summed E-state index contributed by atoms with van der Waals surface area (Å²) in [7, 11) is 0. The number of hydrogen-bond donors (Lipinski definition) is 2. The first kappa shape index (κ1) is 14.6. The maximum absolute atomic E-state index is 11.0. The van der Waals surface area contributed by atoms with E-state index in [1.807, 2.05) is 24.3 Å². The third-order valence-electron chi connectivity index (χ3n) is 2.83. The van der Waals surface area contributed by atoms with Crippen molar-refractivity contribution in [2.75, 3.05) is 6.54 Å². The molecule has 2 aromatic rings. The molecule has 0 unspecified atom stereocenters. The molecular formula is C17H16N2O2. The molecule has 0 heterocycles. The Hall–Kier alpha value is -2.77. The molecule has 0 aliphatic rings. The van der Waals surface area contributed by atoms with Gasteiger partial charge in [-0.3, -0.25) is 4.79 Å². The smallest absolute Gasteiger partial charge is 0.248 e. The minimum Gasteiger partial charge on any atom is -0.489 e. The largest absolute Gasteiger partial charge is 0.489 e. The monoisotopic (exact) mass is 280 g/mol. The van der Waals surface area contributed by atoms with Crippen molar-refractivity contribution >= 4 is 5.91 Å². The molecule has 0 spiro atoms. The van der Waals surface area contributed by atoms with Crippen molar-refractivity contribution < 1.29 is 9.53 Å². The number of ether oxygens (including phenoxy) is 1. The van der Waals surface area contributed by atoms with Gasteiger partial charge in [0.05, 0.1) is 6.54 Å². The maximum atomic E-state index is 11.0. The molecule has 4 N–H and O–H groups in total. The first-order valence-corrected chi connectivity index (χ1v) is 6.49. The molecule has 0 aliphatic heterocycles. The summed E-state index contributed by atoms with van der Waals surface area (Å²) in [4.78, 5) is 11.0. The second-order valence-corrected chi connectivity index (χ2v) is 4.38. The van der Waals surface area contributed by atoms with Crippen LogP contribution in [0.4, 0.5) is 0 Å². The molecule has 0 bridgehead atoms. The zero-order valence-electron chi connectivity index (χ0n) is 11.5. The fourth-order valence-electron chi connectivity index (χ4n) is 1.72. The molecule has 2 aromatic carbocycles. The van der Waals surface area contributed by atoms with Crippen LogP contribution in [0.2, 0.25) is 0 Å². The minimum absolute atomic E-state index is 0.353. The topological polar surface area (TPSA) is 78.3 Å². The van der Waals surface area contributed by atoms with Crippen molar-refractivity contribution in [2.45, 2.75) is 6.61 Å². The predicted octanol–water partition coefficient (Wildman–Crippen LogP) is 1.67. The van der Waals surface area contributed by atoms with Gasteiger partial charge in [0.1, 0.15) is 12.4 Å². The number of nitrogens with two attached hydrogens (primary N) is 2. The SMILES string of the molecule is NCC#Cc1ccc(COc2ccc(C(N)=O)cc2)cc1. The van der Waals surface area contributed by atoms with Crippen LogP contribution >= 0.6 is 0 Å². The van der Waals surface area contributed by atoms with E-state index in [2.05, 4.69) is 11.8 Å². The molecule has 1 amide bonds. The van der Waals surface area contributed by atoms with Gasteiger partial charge in [0, 0.05) is 11.1 Å². The normalized spacial score (nSPS) is 9.57. The van der Waals surface area contributed by atoms with Crippen LogP contribution in [0.5, 0.6) is 5.75 Å². The Morgan fingerprint density at radius 1 is 1.05 bits per heavy atom. The predicted molar refractivity (Wildman–Crippen MR) is 81.7 cm³/mol. The summed E-state index contributed by atoms with van der Waals surface area (Å²) in [5, 5.41) is 0. The Labute approximate surface area is 123 Å². The summed E-state index contributed by atoms with van der Waals surface area (Å²) >= 11 is 0. The van der Waals surface area contributed by atoms with Crippen molar-refractivity contribution in [2.24, 2.45) is 11.5 Å². The number of benzene rings is 2. The van der Waals surface area contributed by atoms with Crippen LogP contribution in [0, 0.1) is 11.8 Å². The van der Waals surface area contributed by atoms with Gasteiger partial charge < -0.3 is 16.2 Å². The Morgan fingerprint density at radius 3 is 2.29 bits per heavy atom. The van der Waals surface area contributed by atoms with Crippen molar-refractivity contribution in [3.8, 4) is 17.6 Å². The van der Waals surface area contributed by atoms with Gasteiger partial charge in [-0.2, -0.15) is 0 Å². The second-order valence-electron chi connectivity index (χ2n) is 4.38. The molecule has 21 heavy (non-hydrogen) atoms. The lowest BCUT2D eigenvalue weighted by Crippen LogP contribution is -2.10. The summed E-state index contributed by atoms with van der Waals surface area (Å²) in [5.74, 6) is 6.01. The third-order valence-corrected chi connectivity index (χ3v) is 2.83. The van der Waals surface area contributed by atoms with E-state index in [9.17, 15) is 4.79 Å². The van der Waals surface area contributed by atoms with E-state index in [4.69, 9.17) is 16.2 Å². The van der Waals surface area contributed by atoms with E-state index in [1.165, 1.54) is 0 Å². The second kappa shape index (κ2) is 7.13. The number of carbonyl (C=O) groups is 1. The Balaban J connectivity index is 1.94. The van der Waals surface area contributed by atoms with E-state index in [0.717, 1.165) is 11.1 Å². The van der Waals surface area contributed by atoms with Crippen molar-refractivity contribution in [1.29, 1.82) is 0 Å². The van der Waals surface area contributed by atoms with Gasteiger partial charge in [-0.25, -0.2) is 0 Å². The van der Waals surface area contributed by atoms with Gasteiger partial charge in [0.25, 0.3) is 0 Å². The van der Waals surface area contributed by atoms with Crippen LogP contribution in [0.15, 0.2) is 48.5 Å². The quantitative estimate of drug-likeness (QED) is 0.836. The van der Waals surface area contributed by atoms with Crippen molar-refractivity contribution in [1.82, 2.24) is 0 Å². The molecule has 0 aliphatic carbocycles. The molecule has 0 aromatic heterocycles. The fraction of sp³-hybridized carbons (Fsp3) is 0.118. The number of primary amides is 1. The van der Waals surface area contributed by atoms with Crippen LogP contribution < -0.4 is 16.2 Å². The van der Waals surface area contributed by atoms with Gasteiger partial charge in [0.2, 0.25) is 5.91 Å². The summed E-state index contributed by atoms with van der Waals surface area (Å²) in [6.45, 7) is 0.798. The van der Waals surface area contributed by atoms with E-state index in [0.29, 0.717) is 24.5 Å². The summed E-state index contributed by atoms with van der Waals surface area (Å²) < 4.78 is 5.64. The van der Waals surface area contributed by atoms with E-state index < -0.39 is 5.91 Å². The lowest BCUT2D eigenvalue weighted by atomic mass is 10.1. The first-order chi connectivity index (χ1) is 10.2. The number of carbonyl (C=O) groups excluding carboxylic acids is 1. The summed E-state index contributed by atoms with van der Waals surface area (Å²) in [6, 6.07) is 14.5. The summed E-state index contributed by atoms with van der Waals surface area (Å²) in [6.07, 6.45) is 0. The maximum Gasteiger partial charge on any atom is 0.248 e. The minimum atomic E-state index is -0.448. The molecule has 0 atom stereocenters. The summed E-state index contributed by atoms with van der Waals surface area (Å²) in [5.41, 5.74) is 12.9. The Morgan fingerprint density at radius 2 is 1.71 bits per heavy atom. The number of rotatable bonds is 4. The fourth-order valence-corrected chi connectivity index (χ4v) is 1.72. The lowest BCUT2D eigenvalue weighted by molar-refractivity contribution is 0.100. The van der Waals surface area contributed by atoms with Gasteiger partial charge in [-0.05, 0) is 42.0 Å². The first-order valence-electron chi connectivity index (χ1n) is 6.49. The Kier molecular flexibility index (Phi) is 4.97. The number of hydrogen-bond acceptors (Lipinski definition) is 3. The lowest BCUT2D eigenvalue weighted by Gasteiger charge is -2.06. The van der Waals surface area contributed by atoms with Gasteiger partial charge in [0.15, 0.2) is 0 Å².